The van der Waals surface area contributed by atoms with Gasteiger partial charge < -0.3 is 24.1 Å². The highest BCUT2D eigenvalue weighted by molar-refractivity contribution is 6.86. The van der Waals surface area contributed by atoms with Crippen LogP contribution in [-0.2, 0) is 38.8 Å². The van der Waals surface area contributed by atoms with Crippen LogP contribution in [0.5, 0.6) is 0 Å². The maximum atomic E-state index is 12.0. The van der Waals surface area contributed by atoms with Gasteiger partial charge in [0.2, 0.25) is 0 Å². The van der Waals surface area contributed by atoms with E-state index in [1.54, 1.807) is 0 Å². The second-order valence-electron chi connectivity index (χ2n) is 12.9. The van der Waals surface area contributed by atoms with Gasteiger partial charge in [0.05, 0.1) is 37.8 Å². The molecule has 0 amide bonds. The number of aliphatic hydroxyl groups is 1. The molecule has 5 nitrogen and oxygen atoms in total. The van der Waals surface area contributed by atoms with Gasteiger partial charge in [-0.15, -0.1) is 0 Å². The van der Waals surface area contributed by atoms with Gasteiger partial charge in [-0.05, 0) is 37.5 Å². The smallest absolute Gasteiger partial charge is 0.158 e. The molecule has 0 heterocycles. The van der Waals surface area contributed by atoms with E-state index in [0.29, 0.717) is 19.8 Å². The van der Waals surface area contributed by atoms with Crippen molar-refractivity contribution in [2.24, 2.45) is 0 Å². The molecule has 0 aromatic heterocycles. The molecule has 6 heteroatoms. The minimum absolute atomic E-state index is 0.0700. The zero-order valence-corrected chi connectivity index (χ0v) is 29.2. The Bertz CT molecular complexity index is 1540. The molecule has 1 radical (unpaired) electrons. The molecule has 4 atom stereocenters. The first-order chi connectivity index (χ1) is 23.4. The molecule has 5 aromatic carbocycles. The molecule has 0 aliphatic heterocycles. The first-order valence-corrected chi connectivity index (χ1v) is 18.2. The van der Waals surface area contributed by atoms with Crippen molar-refractivity contribution in [3.63, 3.8) is 0 Å². The summed E-state index contributed by atoms with van der Waals surface area (Å²) in [6.45, 7) is 7.30. The van der Waals surface area contributed by atoms with Gasteiger partial charge in [-0.25, -0.2) is 0 Å². The van der Waals surface area contributed by atoms with Crippen molar-refractivity contribution in [2.75, 3.05) is 6.61 Å². The topological polar surface area (TPSA) is 57.2 Å². The van der Waals surface area contributed by atoms with E-state index in [9.17, 15) is 5.11 Å². The Labute approximate surface area is 287 Å². The van der Waals surface area contributed by atoms with Crippen LogP contribution in [0.25, 0.3) is 0 Å². The molecule has 0 saturated carbocycles. The third-order valence-corrected chi connectivity index (χ3v) is 10.8. The van der Waals surface area contributed by atoms with Crippen molar-refractivity contribution >= 4 is 19.2 Å². The molecule has 0 aliphatic carbocycles. The summed E-state index contributed by atoms with van der Waals surface area (Å²) < 4.78 is 26.9. The summed E-state index contributed by atoms with van der Waals surface area (Å²) in [5.41, 5.74) is 2.11. The second kappa shape index (κ2) is 18.0. The molecule has 48 heavy (non-hydrogen) atoms. The normalized spacial score (nSPS) is 14.4. The number of hydrogen-bond donors (Lipinski definition) is 1. The third kappa shape index (κ3) is 10.8. The zero-order valence-electron chi connectivity index (χ0n) is 28.2. The van der Waals surface area contributed by atoms with Crippen LogP contribution >= 0.6 is 0 Å². The largest absolute Gasteiger partial charge is 0.388 e. The average molecular weight is 660 g/mol. The lowest BCUT2D eigenvalue weighted by Gasteiger charge is -2.41. The summed E-state index contributed by atoms with van der Waals surface area (Å²) in [7, 11) is -1.67. The Morgan fingerprint density at radius 1 is 0.521 bits per heavy atom. The van der Waals surface area contributed by atoms with Crippen molar-refractivity contribution in [2.45, 2.75) is 70.2 Å². The molecule has 5 rings (SSSR count). The van der Waals surface area contributed by atoms with Crippen LogP contribution in [0.4, 0.5) is 0 Å². The highest BCUT2D eigenvalue weighted by Gasteiger charge is 2.44. The highest BCUT2D eigenvalue weighted by atomic mass is 28.3. The van der Waals surface area contributed by atoms with E-state index in [1.165, 1.54) is 10.4 Å². The summed E-state index contributed by atoms with van der Waals surface area (Å²) in [5.74, 6) is 0. The molecule has 0 spiro atoms. The summed E-state index contributed by atoms with van der Waals surface area (Å²) in [6.07, 6.45) is -2.43. The average Bonchev–Trinajstić information content (AvgIpc) is 3.11. The van der Waals surface area contributed by atoms with E-state index in [4.69, 9.17) is 18.9 Å². The van der Waals surface area contributed by atoms with Crippen molar-refractivity contribution in [1.82, 2.24) is 0 Å². The SMILES string of the molecule is CC(C)(C)OC([C@H](OCc1ccccc1)[C@H](OCc1ccccc1)[C@H](O)COCc1ccccc1)[Si](c1ccccc1)c1ccccc1. The van der Waals surface area contributed by atoms with Crippen LogP contribution in [0.2, 0.25) is 0 Å². The second-order valence-corrected chi connectivity index (χ2v) is 15.4. The van der Waals surface area contributed by atoms with Gasteiger partial charge in [0.25, 0.3) is 0 Å². The third-order valence-electron chi connectivity index (χ3n) is 7.91. The van der Waals surface area contributed by atoms with Crippen LogP contribution in [0.3, 0.4) is 0 Å². The zero-order chi connectivity index (χ0) is 33.6. The van der Waals surface area contributed by atoms with E-state index in [1.807, 2.05) is 91.0 Å². The van der Waals surface area contributed by atoms with Crippen molar-refractivity contribution in [1.29, 1.82) is 0 Å². The fourth-order valence-corrected chi connectivity index (χ4v) is 8.86. The van der Waals surface area contributed by atoms with E-state index in [0.717, 1.165) is 16.7 Å². The van der Waals surface area contributed by atoms with Gasteiger partial charge in [0.15, 0.2) is 8.80 Å². The van der Waals surface area contributed by atoms with E-state index in [-0.39, 0.29) is 6.61 Å². The number of aliphatic hydroxyl groups excluding tert-OH is 1. The Kier molecular flexibility index (Phi) is 13.3. The predicted octanol–water partition coefficient (Wildman–Crippen LogP) is 6.77. The summed E-state index contributed by atoms with van der Waals surface area (Å²) in [5, 5.41) is 14.4. The predicted molar refractivity (Wildman–Crippen MR) is 195 cm³/mol. The van der Waals surface area contributed by atoms with Gasteiger partial charge in [-0.3, -0.25) is 0 Å². The standard InChI is InChI=1S/C42H47O5Si/c1-42(2,3)47-41(48(36-25-15-7-16-26-36)37-27-17-8-18-28-37)40(46-31-35-23-13-6-14-24-35)39(45-30-34-21-11-5-12-22-34)38(43)32-44-29-33-19-9-4-10-20-33/h4-28,38-41,43H,29-32H2,1-3H3/t38-,39-,40-,41?/m1/s1. The maximum absolute atomic E-state index is 12.0. The summed E-state index contributed by atoms with van der Waals surface area (Å²) in [4.78, 5) is 0. The van der Waals surface area contributed by atoms with E-state index < -0.39 is 38.4 Å². The Morgan fingerprint density at radius 3 is 1.31 bits per heavy atom. The molecule has 249 valence electrons. The Balaban J connectivity index is 1.57. The fraction of sp³-hybridized carbons (Fsp3) is 0.286. The van der Waals surface area contributed by atoms with Crippen LogP contribution in [0, 0.1) is 0 Å². The molecule has 5 aromatic rings. The minimum atomic E-state index is -1.67. The van der Waals surface area contributed by atoms with Crippen LogP contribution < -0.4 is 10.4 Å². The summed E-state index contributed by atoms with van der Waals surface area (Å²) in [6, 6.07) is 51.2. The van der Waals surface area contributed by atoms with Crippen LogP contribution in [-0.4, -0.2) is 50.2 Å². The molecule has 1 N–H and O–H groups in total. The van der Waals surface area contributed by atoms with Gasteiger partial charge in [0, 0.05) is 0 Å². The first kappa shape index (κ1) is 35.4. The van der Waals surface area contributed by atoms with Crippen molar-refractivity contribution in [3.8, 4) is 0 Å². The fourth-order valence-electron chi connectivity index (χ4n) is 5.68. The van der Waals surface area contributed by atoms with Gasteiger partial charge in [-0.2, -0.15) is 0 Å². The van der Waals surface area contributed by atoms with E-state index in [2.05, 4.69) is 81.4 Å². The molecule has 0 bridgehead atoms. The molecular weight excluding hydrogens is 613 g/mol. The molecule has 0 aliphatic rings. The van der Waals surface area contributed by atoms with Crippen molar-refractivity contribution < 1.29 is 24.1 Å². The van der Waals surface area contributed by atoms with E-state index >= 15 is 0 Å². The van der Waals surface area contributed by atoms with Crippen LogP contribution in [0.15, 0.2) is 152 Å². The summed E-state index contributed by atoms with van der Waals surface area (Å²) >= 11 is 0. The Morgan fingerprint density at radius 2 is 0.896 bits per heavy atom. The maximum Gasteiger partial charge on any atom is 0.158 e. The van der Waals surface area contributed by atoms with Gasteiger partial charge in [0.1, 0.15) is 18.3 Å². The monoisotopic (exact) mass is 659 g/mol. The highest BCUT2D eigenvalue weighted by Crippen LogP contribution is 2.26. The molecule has 0 saturated heterocycles. The van der Waals surface area contributed by atoms with Crippen molar-refractivity contribution in [3.05, 3.63) is 168 Å². The number of hydrogen-bond acceptors (Lipinski definition) is 5. The number of ether oxygens (including phenoxy) is 4. The quantitative estimate of drug-likeness (QED) is 0.112. The lowest BCUT2D eigenvalue weighted by Crippen LogP contribution is -2.63. The number of rotatable bonds is 17. The van der Waals surface area contributed by atoms with Gasteiger partial charge in [-0.1, -0.05) is 162 Å². The molecular formula is C42H47O5Si. The minimum Gasteiger partial charge on any atom is -0.388 e. The first-order valence-electron chi connectivity index (χ1n) is 16.6. The Hall–Kier alpha value is -3.88. The lowest BCUT2D eigenvalue weighted by molar-refractivity contribution is -0.186. The van der Waals surface area contributed by atoms with Gasteiger partial charge >= 0.3 is 0 Å². The lowest BCUT2D eigenvalue weighted by atomic mass is 10.1. The number of benzene rings is 5. The molecule has 1 unspecified atom stereocenters. The van der Waals surface area contributed by atoms with Crippen LogP contribution in [0.1, 0.15) is 37.5 Å². The molecule has 0 fully saturated rings.